The first kappa shape index (κ1) is 16.9. The first-order valence-corrected chi connectivity index (χ1v) is 7.99. The average molecular weight is 341 g/mol. The molecule has 0 saturated heterocycles. The normalized spacial score (nSPS) is 12.1. The van der Waals surface area contributed by atoms with Gasteiger partial charge in [-0.3, -0.25) is 4.79 Å². The van der Waals surface area contributed by atoms with Crippen LogP contribution in [0.25, 0.3) is 11.4 Å². The second-order valence-corrected chi connectivity index (χ2v) is 5.70. The van der Waals surface area contributed by atoms with Crippen LogP contribution in [0.2, 0.25) is 0 Å². The predicted molar refractivity (Wildman–Crippen MR) is 89.5 cm³/mol. The molecule has 0 aliphatic carbocycles. The maximum Gasteiger partial charge on any atom is 0.227 e. The molecule has 0 aliphatic heterocycles. The molecule has 2 N–H and O–H groups in total. The lowest BCUT2D eigenvalue weighted by atomic mass is 10.0. The number of furan rings is 1. The number of carbonyl (C=O) groups is 1. The zero-order chi connectivity index (χ0) is 17.6. The molecule has 1 atom stereocenters. The van der Waals surface area contributed by atoms with Crippen LogP contribution in [0.3, 0.4) is 0 Å². The van der Waals surface area contributed by atoms with E-state index in [2.05, 4.69) is 15.5 Å². The van der Waals surface area contributed by atoms with E-state index in [0.29, 0.717) is 18.1 Å². The van der Waals surface area contributed by atoms with E-state index in [0.717, 1.165) is 16.7 Å². The molecule has 1 aromatic carbocycles. The Balaban J connectivity index is 1.46. The largest absolute Gasteiger partial charge is 0.472 e. The highest BCUT2D eigenvalue weighted by Gasteiger charge is 2.14. The molecule has 0 aliphatic rings. The van der Waals surface area contributed by atoms with Crippen molar-refractivity contribution in [3.8, 4) is 11.4 Å². The van der Waals surface area contributed by atoms with Gasteiger partial charge in [0.2, 0.25) is 17.6 Å². The van der Waals surface area contributed by atoms with Crippen LogP contribution in [-0.4, -0.2) is 27.7 Å². The van der Waals surface area contributed by atoms with E-state index in [4.69, 9.17) is 8.94 Å². The van der Waals surface area contributed by atoms with Crippen LogP contribution in [0, 0.1) is 6.92 Å². The summed E-state index contributed by atoms with van der Waals surface area (Å²) in [7, 11) is 0. The maximum atomic E-state index is 11.9. The molecular formula is C18H19N3O4. The lowest BCUT2D eigenvalue weighted by Crippen LogP contribution is -2.28. The standard InChI is InChI=1S/C18H19N3O4/c1-12-4-2-3-5-14(12)15(22)10-19-16(23)6-7-17-20-18(21-25-17)13-8-9-24-11-13/h2-5,8-9,11,15,22H,6-7,10H2,1H3,(H,19,23). The van der Waals surface area contributed by atoms with Crippen molar-refractivity contribution in [1.29, 1.82) is 0 Å². The van der Waals surface area contributed by atoms with E-state index in [-0.39, 0.29) is 18.9 Å². The monoisotopic (exact) mass is 341 g/mol. The van der Waals surface area contributed by atoms with Gasteiger partial charge in [0.25, 0.3) is 0 Å². The van der Waals surface area contributed by atoms with Crippen molar-refractivity contribution in [3.05, 3.63) is 59.9 Å². The molecule has 0 bridgehead atoms. The molecule has 0 spiro atoms. The summed E-state index contributed by atoms with van der Waals surface area (Å²) >= 11 is 0. The fraction of sp³-hybridized carbons (Fsp3) is 0.278. The van der Waals surface area contributed by atoms with Crippen molar-refractivity contribution >= 4 is 5.91 Å². The number of aliphatic hydroxyl groups is 1. The van der Waals surface area contributed by atoms with Crippen molar-refractivity contribution < 1.29 is 18.8 Å². The highest BCUT2D eigenvalue weighted by atomic mass is 16.5. The molecule has 7 nitrogen and oxygen atoms in total. The number of aryl methyl sites for hydroxylation is 2. The highest BCUT2D eigenvalue weighted by Crippen LogP contribution is 2.17. The number of aliphatic hydroxyl groups excluding tert-OH is 1. The Hall–Kier alpha value is -2.93. The number of hydrogen-bond donors (Lipinski definition) is 2. The van der Waals surface area contributed by atoms with Gasteiger partial charge in [0.1, 0.15) is 6.26 Å². The number of rotatable bonds is 7. The van der Waals surface area contributed by atoms with Crippen molar-refractivity contribution in [1.82, 2.24) is 15.5 Å². The number of nitrogens with one attached hydrogen (secondary N) is 1. The van der Waals surface area contributed by atoms with Gasteiger partial charge in [-0.1, -0.05) is 29.4 Å². The summed E-state index contributed by atoms with van der Waals surface area (Å²) in [6.07, 6.45) is 2.85. The Bertz CT molecular complexity index is 826. The Morgan fingerprint density at radius 1 is 1.32 bits per heavy atom. The lowest BCUT2D eigenvalue weighted by Gasteiger charge is -2.14. The molecule has 0 fully saturated rings. The fourth-order valence-corrected chi connectivity index (χ4v) is 2.46. The molecule has 25 heavy (non-hydrogen) atoms. The van der Waals surface area contributed by atoms with Gasteiger partial charge in [-0.25, -0.2) is 0 Å². The van der Waals surface area contributed by atoms with Gasteiger partial charge in [-0.2, -0.15) is 4.98 Å². The zero-order valence-electron chi connectivity index (χ0n) is 13.8. The maximum absolute atomic E-state index is 11.9. The Kier molecular flexibility index (Phi) is 5.25. The van der Waals surface area contributed by atoms with E-state index >= 15 is 0 Å². The van der Waals surface area contributed by atoms with E-state index in [1.807, 2.05) is 31.2 Å². The van der Waals surface area contributed by atoms with Crippen LogP contribution in [-0.2, 0) is 11.2 Å². The van der Waals surface area contributed by atoms with Crippen LogP contribution in [0.15, 0.2) is 51.8 Å². The summed E-state index contributed by atoms with van der Waals surface area (Å²) in [4.78, 5) is 16.2. The summed E-state index contributed by atoms with van der Waals surface area (Å²) in [5.74, 6) is 0.626. The van der Waals surface area contributed by atoms with Crippen molar-refractivity contribution in [3.63, 3.8) is 0 Å². The number of amides is 1. The molecular weight excluding hydrogens is 322 g/mol. The average Bonchev–Trinajstić information content (AvgIpc) is 3.29. The van der Waals surface area contributed by atoms with Crippen molar-refractivity contribution in [2.45, 2.75) is 25.9 Å². The van der Waals surface area contributed by atoms with Gasteiger partial charge >= 0.3 is 0 Å². The van der Waals surface area contributed by atoms with Crippen LogP contribution in [0.5, 0.6) is 0 Å². The smallest absolute Gasteiger partial charge is 0.227 e. The van der Waals surface area contributed by atoms with Gasteiger partial charge in [-0.05, 0) is 24.1 Å². The molecule has 3 aromatic rings. The van der Waals surface area contributed by atoms with Crippen LogP contribution in [0.4, 0.5) is 0 Å². The molecule has 2 heterocycles. The van der Waals surface area contributed by atoms with Crippen molar-refractivity contribution in [2.24, 2.45) is 0 Å². The third-order valence-electron chi connectivity index (χ3n) is 3.85. The molecule has 0 radical (unpaired) electrons. The van der Waals surface area contributed by atoms with Gasteiger partial charge in [0.05, 0.1) is 17.9 Å². The summed E-state index contributed by atoms with van der Waals surface area (Å²) < 4.78 is 10.1. The molecule has 2 aromatic heterocycles. The third-order valence-corrected chi connectivity index (χ3v) is 3.85. The summed E-state index contributed by atoms with van der Waals surface area (Å²) in [5, 5.41) is 16.7. The SMILES string of the molecule is Cc1ccccc1C(O)CNC(=O)CCc1nc(-c2ccoc2)no1. The zero-order valence-corrected chi connectivity index (χ0v) is 13.8. The Morgan fingerprint density at radius 3 is 2.92 bits per heavy atom. The third kappa shape index (κ3) is 4.33. The molecule has 0 saturated carbocycles. The van der Waals surface area contributed by atoms with Crippen LogP contribution in [0.1, 0.15) is 29.5 Å². The van der Waals surface area contributed by atoms with Gasteiger partial charge < -0.3 is 19.4 Å². The summed E-state index contributed by atoms with van der Waals surface area (Å²) in [5.41, 5.74) is 2.52. The van der Waals surface area contributed by atoms with Gasteiger partial charge in [0, 0.05) is 19.4 Å². The number of hydrogen-bond acceptors (Lipinski definition) is 6. The molecule has 1 unspecified atom stereocenters. The Labute approximate surface area is 144 Å². The fourth-order valence-electron chi connectivity index (χ4n) is 2.46. The molecule has 130 valence electrons. The minimum Gasteiger partial charge on any atom is -0.472 e. The van der Waals surface area contributed by atoms with E-state index in [1.54, 1.807) is 6.07 Å². The molecule has 1 amide bonds. The summed E-state index contributed by atoms with van der Waals surface area (Å²) in [6, 6.07) is 9.27. The van der Waals surface area contributed by atoms with E-state index in [9.17, 15) is 9.90 Å². The second kappa shape index (κ2) is 7.76. The Morgan fingerprint density at radius 2 is 2.16 bits per heavy atom. The molecule has 7 heteroatoms. The van der Waals surface area contributed by atoms with Gasteiger partial charge in [-0.15, -0.1) is 0 Å². The second-order valence-electron chi connectivity index (χ2n) is 5.70. The van der Waals surface area contributed by atoms with E-state index in [1.165, 1.54) is 12.5 Å². The van der Waals surface area contributed by atoms with Crippen molar-refractivity contribution in [2.75, 3.05) is 6.54 Å². The van der Waals surface area contributed by atoms with Gasteiger partial charge in [0.15, 0.2) is 0 Å². The predicted octanol–water partition coefficient (Wildman–Crippen LogP) is 2.42. The number of carbonyl (C=O) groups excluding carboxylic acids is 1. The number of benzene rings is 1. The number of aromatic nitrogens is 2. The number of nitrogens with zero attached hydrogens (tertiary/aromatic N) is 2. The van der Waals surface area contributed by atoms with E-state index < -0.39 is 6.10 Å². The minimum absolute atomic E-state index is 0.161. The topological polar surface area (TPSA) is 101 Å². The molecule has 3 rings (SSSR count). The summed E-state index contributed by atoms with van der Waals surface area (Å²) in [6.45, 7) is 2.08. The minimum atomic E-state index is -0.735. The van der Waals surface area contributed by atoms with Crippen LogP contribution >= 0.6 is 0 Å². The van der Waals surface area contributed by atoms with Crippen LogP contribution < -0.4 is 5.32 Å². The lowest BCUT2D eigenvalue weighted by molar-refractivity contribution is -0.121. The first-order valence-electron chi connectivity index (χ1n) is 7.99. The highest BCUT2D eigenvalue weighted by molar-refractivity contribution is 5.76. The first-order chi connectivity index (χ1) is 12.1. The quantitative estimate of drug-likeness (QED) is 0.684.